The van der Waals surface area contributed by atoms with Crippen LogP contribution in [0, 0.1) is 0 Å². The van der Waals surface area contributed by atoms with Crippen LogP contribution in [0.4, 0.5) is 10.7 Å². The van der Waals surface area contributed by atoms with Crippen molar-refractivity contribution in [1.29, 1.82) is 0 Å². The quantitative estimate of drug-likeness (QED) is 0.0629. The second-order valence-electron chi connectivity index (χ2n) is 12.2. The minimum Gasteiger partial charge on any atom is -0.462 e. The van der Waals surface area contributed by atoms with Crippen molar-refractivity contribution in [3.63, 3.8) is 0 Å². The van der Waals surface area contributed by atoms with Crippen LogP contribution >= 0.6 is 34.4 Å². The SMILES string of the molecule is CCOC(=O)c1c(NC(=O)C(CC)Sc2cccc(NC(=O)/C(=C/c3ccsc3)NC(=O)c3ccccc3)c2)sc2c1CCC(c1ccccc1)C2. The maximum atomic E-state index is 13.8. The van der Waals surface area contributed by atoms with Gasteiger partial charge in [-0.3, -0.25) is 14.4 Å². The molecule has 0 fully saturated rings. The number of amides is 3. The van der Waals surface area contributed by atoms with Crippen LogP contribution in [0.15, 0.2) is 112 Å². The maximum absolute atomic E-state index is 13.8. The van der Waals surface area contributed by atoms with E-state index in [4.69, 9.17) is 4.74 Å². The summed E-state index contributed by atoms with van der Waals surface area (Å²) in [5, 5.41) is 12.6. The Morgan fingerprint density at radius 3 is 2.42 bits per heavy atom. The number of thioether (sulfide) groups is 1. The van der Waals surface area contributed by atoms with E-state index in [1.807, 2.05) is 60.1 Å². The smallest absolute Gasteiger partial charge is 0.341 e. The van der Waals surface area contributed by atoms with Crippen molar-refractivity contribution in [2.45, 2.75) is 55.6 Å². The number of rotatable bonds is 13. The van der Waals surface area contributed by atoms with E-state index >= 15 is 0 Å². The summed E-state index contributed by atoms with van der Waals surface area (Å²) < 4.78 is 5.45. The summed E-state index contributed by atoms with van der Waals surface area (Å²) in [6.07, 6.45) is 4.62. The van der Waals surface area contributed by atoms with Crippen molar-refractivity contribution in [2.24, 2.45) is 0 Å². The topological polar surface area (TPSA) is 114 Å². The van der Waals surface area contributed by atoms with Crippen LogP contribution in [0.5, 0.6) is 0 Å². The number of anilines is 2. The lowest BCUT2D eigenvalue weighted by Crippen LogP contribution is -2.30. The van der Waals surface area contributed by atoms with Gasteiger partial charge in [0.2, 0.25) is 5.91 Å². The molecule has 0 spiro atoms. The van der Waals surface area contributed by atoms with Crippen molar-refractivity contribution in [3.8, 4) is 0 Å². The Morgan fingerprint density at radius 2 is 1.71 bits per heavy atom. The first-order valence-corrected chi connectivity index (χ1v) is 19.8. The van der Waals surface area contributed by atoms with Gasteiger partial charge in [0.15, 0.2) is 0 Å². The standard InChI is InChI=1S/C41H39N3O5S3/c1-3-34(39(47)44-40-36(41(48)49-4-2)32-19-18-29(23-35(32)52-40)27-12-7-5-8-13-27)51-31-17-11-16-30(24-31)42-38(46)33(22-26-20-21-50-25-26)43-37(45)28-14-9-6-10-15-28/h5-17,20-22,24-25,29,34H,3-4,18-19,23H2,1-2H3,(H,42,46)(H,43,45)(H,44,47)/b33-22-. The van der Waals surface area contributed by atoms with Crippen molar-refractivity contribution in [3.05, 3.63) is 140 Å². The molecule has 11 heteroatoms. The molecule has 1 aliphatic carbocycles. The Bertz CT molecular complexity index is 2060. The van der Waals surface area contributed by atoms with Crippen LogP contribution in [0.2, 0.25) is 0 Å². The lowest BCUT2D eigenvalue weighted by Gasteiger charge is -2.23. The zero-order chi connectivity index (χ0) is 36.5. The number of hydrogen-bond donors (Lipinski definition) is 3. The Labute approximate surface area is 315 Å². The molecule has 2 unspecified atom stereocenters. The minimum atomic E-state index is -0.481. The van der Waals surface area contributed by atoms with Gasteiger partial charge in [-0.2, -0.15) is 11.3 Å². The van der Waals surface area contributed by atoms with Crippen molar-refractivity contribution in [1.82, 2.24) is 5.32 Å². The molecule has 2 atom stereocenters. The average molecular weight is 750 g/mol. The monoisotopic (exact) mass is 749 g/mol. The van der Waals surface area contributed by atoms with Gasteiger partial charge in [-0.1, -0.05) is 61.5 Å². The Balaban J connectivity index is 1.16. The van der Waals surface area contributed by atoms with E-state index in [2.05, 4.69) is 28.1 Å². The van der Waals surface area contributed by atoms with Crippen LogP contribution in [-0.4, -0.2) is 35.5 Å². The van der Waals surface area contributed by atoms with E-state index < -0.39 is 23.0 Å². The van der Waals surface area contributed by atoms with Crippen LogP contribution in [0.3, 0.4) is 0 Å². The van der Waals surface area contributed by atoms with Crippen molar-refractivity contribution in [2.75, 3.05) is 17.2 Å². The summed E-state index contributed by atoms with van der Waals surface area (Å²) in [7, 11) is 0. The third kappa shape index (κ3) is 9.08. The molecule has 52 heavy (non-hydrogen) atoms. The highest BCUT2D eigenvalue weighted by molar-refractivity contribution is 8.00. The summed E-state index contributed by atoms with van der Waals surface area (Å²) in [4.78, 5) is 55.4. The minimum absolute atomic E-state index is 0.0993. The predicted octanol–water partition coefficient (Wildman–Crippen LogP) is 9.18. The largest absolute Gasteiger partial charge is 0.462 e. The second-order valence-corrected chi connectivity index (χ2v) is 15.4. The highest BCUT2D eigenvalue weighted by Gasteiger charge is 2.32. The molecule has 3 aromatic carbocycles. The van der Waals surface area contributed by atoms with E-state index in [1.54, 1.807) is 49.4 Å². The molecule has 0 aliphatic heterocycles. The molecule has 3 amide bonds. The molecular weight excluding hydrogens is 711 g/mol. The molecule has 5 aromatic rings. The fourth-order valence-corrected chi connectivity index (χ4v) is 9.04. The van der Waals surface area contributed by atoms with Gasteiger partial charge >= 0.3 is 5.97 Å². The lowest BCUT2D eigenvalue weighted by molar-refractivity contribution is -0.116. The van der Waals surface area contributed by atoms with Gasteiger partial charge in [-0.15, -0.1) is 23.1 Å². The summed E-state index contributed by atoms with van der Waals surface area (Å²) in [6, 6.07) is 28.2. The maximum Gasteiger partial charge on any atom is 0.341 e. The summed E-state index contributed by atoms with van der Waals surface area (Å²) in [5.74, 6) is -1.16. The zero-order valence-corrected chi connectivity index (χ0v) is 31.3. The molecule has 1 aliphatic rings. The van der Waals surface area contributed by atoms with E-state index in [0.29, 0.717) is 34.2 Å². The van der Waals surface area contributed by atoms with Gasteiger partial charge in [0.25, 0.3) is 11.8 Å². The third-order valence-corrected chi connectivity index (χ3v) is 11.9. The molecule has 6 rings (SSSR count). The molecular formula is C41H39N3O5S3. The first kappa shape index (κ1) is 36.8. The first-order chi connectivity index (χ1) is 25.3. The van der Waals surface area contributed by atoms with Crippen LogP contribution in [0.25, 0.3) is 6.08 Å². The van der Waals surface area contributed by atoms with E-state index in [0.717, 1.165) is 40.2 Å². The average Bonchev–Trinajstić information content (AvgIpc) is 3.81. The van der Waals surface area contributed by atoms with E-state index in [9.17, 15) is 19.2 Å². The van der Waals surface area contributed by atoms with Crippen molar-refractivity contribution >= 4 is 74.9 Å². The van der Waals surface area contributed by atoms with Gasteiger partial charge in [0, 0.05) is 21.0 Å². The number of hydrogen-bond acceptors (Lipinski definition) is 8. The summed E-state index contributed by atoms with van der Waals surface area (Å²) in [6.45, 7) is 3.96. The number of carbonyl (C=O) groups is 4. The van der Waals surface area contributed by atoms with Crippen LogP contribution in [0.1, 0.15) is 74.9 Å². The molecule has 2 aromatic heterocycles. The molecule has 0 saturated heterocycles. The fraction of sp³-hybridized carbons (Fsp3) is 0.220. The number of carbonyl (C=O) groups excluding carboxylic acids is 4. The molecule has 2 heterocycles. The normalized spacial score (nSPS) is 14.5. The number of fused-ring (bicyclic) bond motifs is 1. The van der Waals surface area contributed by atoms with Crippen LogP contribution < -0.4 is 16.0 Å². The Morgan fingerprint density at radius 1 is 0.942 bits per heavy atom. The Hall–Kier alpha value is -4.97. The highest BCUT2D eigenvalue weighted by Crippen LogP contribution is 2.43. The summed E-state index contributed by atoms with van der Waals surface area (Å²) >= 11 is 4.33. The molecule has 0 bridgehead atoms. The van der Waals surface area contributed by atoms with Crippen molar-refractivity contribution < 1.29 is 23.9 Å². The number of esters is 1. The molecule has 8 nitrogen and oxygen atoms in total. The fourth-order valence-electron chi connectivity index (χ4n) is 6.09. The first-order valence-electron chi connectivity index (χ1n) is 17.2. The molecule has 266 valence electrons. The lowest BCUT2D eigenvalue weighted by atomic mass is 9.83. The predicted molar refractivity (Wildman–Crippen MR) is 211 cm³/mol. The van der Waals surface area contributed by atoms with Gasteiger partial charge < -0.3 is 20.7 Å². The summed E-state index contributed by atoms with van der Waals surface area (Å²) in [5.41, 5.74) is 4.55. The van der Waals surface area contributed by atoms with Crippen LogP contribution in [-0.2, 0) is 27.2 Å². The number of thiophene rings is 2. The molecule has 0 radical (unpaired) electrons. The zero-order valence-electron chi connectivity index (χ0n) is 28.8. The van der Waals surface area contributed by atoms with Gasteiger partial charge in [-0.05, 0) is 108 Å². The number of nitrogens with one attached hydrogen (secondary N) is 3. The van der Waals surface area contributed by atoms with Gasteiger partial charge in [0.05, 0.1) is 17.4 Å². The highest BCUT2D eigenvalue weighted by atomic mass is 32.2. The Kier molecular flexibility index (Phi) is 12.4. The van der Waals surface area contributed by atoms with E-state index in [1.165, 1.54) is 40.0 Å². The second kappa shape index (κ2) is 17.5. The molecule has 3 N–H and O–H groups in total. The number of benzene rings is 3. The van der Waals surface area contributed by atoms with E-state index in [-0.39, 0.29) is 18.2 Å². The number of ether oxygens (including phenoxy) is 1. The molecule has 0 saturated carbocycles. The third-order valence-electron chi connectivity index (χ3n) is 8.67. The van der Waals surface area contributed by atoms with Gasteiger partial charge in [-0.25, -0.2) is 4.79 Å². The van der Waals surface area contributed by atoms with Gasteiger partial charge in [0.1, 0.15) is 10.7 Å².